The lowest BCUT2D eigenvalue weighted by Gasteiger charge is -2.06. The molecule has 2 rings (SSSR count). The zero-order chi connectivity index (χ0) is 12.1. The Bertz CT molecular complexity index is 535. The molecular formula is C14H11NOS. The van der Waals surface area contributed by atoms with Gasteiger partial charge in [-0.25, -0.2) is 0 Å². The van der Waals surface area contributed by atoms with E-state index in [2.05, 4.69) is 5.16 Å². The fourth-order valence-corrected chi connectivity index (χ4v) is 1.85. The minimum Gasteiger partial charge on any atom is -0.410 e. The van der Waals surface area contributed by atoms with Gasteiger partial charge in [-0.1, -0.05) is 78.0 Å². The Labute approximate surface area is 105 Å². The maximum atomic E-state index is 9.11. The van der Waals surface area contributed by atoms with E-state index in [0.717, 1.165) is 11.1 Å². The third kappa shape index (κ3) is 2.57. The third-order valence-electron chi connectivity index (χ3n) is 2.40. The van der Waals surface area contributed by atoms with Crippen LogP contribution in [0.4, 0.5) is 0 Å². The molecule has 0 bridgehead atoms. The van der Waals surface area contributed by atoms with Crippen molar-refractivity contribution in [1.82, 2.24) is 0 Å². The quantitative estimate of drug-likeness (QED) is 0.294. The van der Waals surface area contributed by atoms with Crippen LogP contribution in [0.1, 0.15) is 11.1 Å². The third-order valence-corrected chi connectivity index (χ3v) is 2.83. The van der Waals surface area contributed by atoms with Crippen LogP contribution in [0.5, 0.6) is 0 Å². The second-order valence-corrected chi connectivity index (χ2v) is 3.92. The molecule has 0 saturated carbocycles. The van der Waals surface area contributed by atoms with Gasteiger partial charge < -0.3 is 5.21 Å². The maximum absolute atomic E-state index is 9.11. The minimum absolute atomic E-state index is 0.423. The summed E-state index contributed by atoms with van der Waals surface area (Å²) in [5, 5.41) is 12.4. The van der Waals surface area contributed by atoms with Crippen molar-refractivity contribution in [2.24, 2.45) is 5.16 Å². The number of rotatable bonds is 3. The highest BCUT2D eigenvalue weighted by Crippen LogP contribution is 2.09. The highest BCUT2D eigenvalue weighted by atomic mass is 32.1. The summed E-state index contributed by atoms with van der Waals surface area (Å²) in [7, 11) is 0. The second kappa shape index (κ2) is 5.37. The van der Waals surface area contributed by atoms with Crippen LogP contribution in [0.25, 0.3) is 0 Å². The van der Waals surface area contributed by atoms with Crippen LogP contribution in [0.3, 0.4) is 0 Å². The first-order valence-electron chi connectivity index (χ1n) is 5.20. The fraction of sp³-hybridized carbons (Fsp3) is 0. The summed E-state index contributed by atoms with van der Waals surface area (Å²) in [5.41, 5.74) is 2.11. The van der Waals surface area contributed by atoms with Crippen molar-refractivity contribution in [3.05, 3.63) is 71.8 Å². The number of nitrogens with zero attached hydrogens (tertiary/aromatic N) is 1. The largest absolute Gasteiger partial charge is 0.410 e. The Kier molecular flexibility index (Phi) is 3.62. The summed E-state index contributed by atoms with van der Waals surface area (Å²) in [6, 6.07) is 18.9. The molecule has 0 aliphatic rings. The molecule has 0 amide bonds. The van der Waals surface area contributed by atoms with Crippen molar-refractivity contribution >= 4 is 22.8 Å². The van der Waals surface area contributed by atoms with Gasteiger partial charge in [-0.3, -0.25) is 0 Å². The Morgan fingerprint density at radius 1 is 0.824 bits per heavy atom. The van der Waals surface area contributed by atoms with Crippen molar-refractivity contribution < 1.29 is 5.21 Å². The van der Waals surface area contributed by atoms with Gasteiger partial charge in [0.2, 0.25) is 0 Å². The first-order valence-corrected chi connectivity index (χ1v) is 5.61. The normalized spacial score (nSPS) is 11.2. The molecule has 17 heavy (non-hydrogen) atoms. The molecule has 0 heterocycles. The number of oxime groups is 1. The molecule has 0 aliphatic carbocycles. The van der Waals surface area contributed by atoms with E-state index in [1.165, 1.54) is 0 Å². The summed E-state index contributed by atoms with van der Waals surface area (Å²) < 4.78 is 0. The predicted molar refractivity (Wildman–Crippen MR) is 72.9 cm³/mol. The maximum Gasteiger partial charge on any atom is 0.128 e. The molecule has 1 N–H and O–H groups in total. The van der Waals surface area contributed by atoms with Gasteiger partial charge in [-0.15, -0.1) is 0 Å². The number of thiocarbonyl (C=S) groups is 1. The van der Waals surface area contributed by atoms with Crippen molar-refractivity contribution in [3.63, 3.8) is 0 Å². The van der Waals surface area contributed by atoms with Crippen molar-refractivity contribution in [2.75, 3.05) is 0 Å². The molecule has 0 spiro atoms. The molecule has 0 fully saturated rings. The molecule has 0 aliphatic heterocycles. The summed E-state index contributed by atoms with van der Waals surface area (Å²) in [6.07, 6.45) is 0. The van der Waals surface area contributed by atoms with Crippen LogP contribution < -0.4 is 0 Å². The van der Waals surface area contributed by atoms with E-state index < -0.39 is 0 Å². The summed E-state index contributed by atoms with van der Waals surface area (Å²) in [6.45, 7) is 0. The number of hydrogen-bond donors (Lipinski definition) is 1. The van der Waals surface area contributed by atoms with Gasteiger partial charge in [-0.05, 0) is 5.56 Å². The summed E-state index contributed by atoms with van der Waals surface area (Å²) in [5.74, 6) is 0. The standard InChI is InChI=1S/C14H11NOS/c16-15-13(11-7-3-1-4-8-11)14(17)12-9-5-2-6-10-12/h1-10,16H. The summed E-state index contributed by atoms with van der Waals surface area (Å²) in [4.78, 5) is 0.541. The molecule has 0 unspecified atom stereocenters. The molecular weight excluding hydrogens is 230 g/mol. The first-order chi connectivity index (χ1) is 8.33. The molecule has 0 radical (unpaired) electrons. The van der Waals surface area contributed by atoms with Gasteiger partial charge in [0, 0.05) is 5.56 Å². The van der Waals surface area contributed by atoms with E-state index in [4.69, 9.17) is 17.4 Å². The lowest BCUT2D eigenvalue weighted by molar-refractivity contribution is 0.320. The van der Waals surface area contributed by atoms with Crippen molar-refractivity contribution in [1.29, 1.82) is 0 Å². The fourth-order valence-electron chi connectivity index (χ4n) is 1.56. The average molecular weight is 241 g/mol. The zero-order valence-corrected chi connectivity index (χ0v) is 9.89. The van der Waals surface area contributed by atoms with Crippen LogP contribution in [0, 0.1) is 0 Å². The molecule has 2 aromatic rings. The molecule has 3 heteroatoms. The Balaban J connectivity index is 2.37. The predicted octanol–water partition coefficient (Wildman–Crippen LogP) is 3.28. The van der Waals surface area contributed by atoms with Crippen molar-refractivity contribution in [3.8, 4) is 0 Å². The Morgan fingerprint density at radius 3 is 1.76 bits per heavy atom. The Morgan fingerprint density at radius 2 is 1.29 bits per heavy atom. The first kappa shape index (κ1) is 11.5. The van der Waals surface area contributed by atoms with Gasteiger partial charge in [0.1, 0.15) is 5.71 Å². The van der Waals surface area contributed by atoms with Crippen LogP contribution >= 0.6 is 12.2 Å². The Hall–Kier alpha value is -2.00. The summed E-state index contributed by atoms with van der Waals surface area (Å²) >= 11 is 5.33. The second-order valence-electron chi connectivity index (χ2n) is 3.51. The van der Waals surface area contributed by atoms with Crippen LogP contribution in [0.15, 0.2) is 65.8 Å². The van der Waals surface area contributed by atoms with Crippen molar-refractivity contribution in [2.45, 2.75) is 0 Å². The number of hydrogen-bond acceptors (Lipinski definition) is 3. The number of benzene rings is 2. The molecule has 0 aromatic heterocycles. The average Bonchev–Trinajstić information content (AvgIpc) is 2.42. The molecule has 84 valence electrons. The molecule has 0 atom stereocenters. The highest BCUT2D eigenvalue weighted by Gasteiger charge is 2.11. The lowest BCUT2D eigenvalue weighted by atomic mass is 10.0. The SMILES string of the molecule is ON=C(C(=S)c1ccccc1)c1ccccc1. The smallest absolute Gasteiger partial charge is 0.128 e. The van der Waals surface area contributed by atoms with E-state index in [-0.39, 0.29) is 0 Å². The highest BCUT2D eigenvalue weighted by molar-refractivity contribution is 7.82. The van der Waals surface area contributed by atoms with Crippen LogP contribution in [0.2, 0.25) is 0 Å². The minimum atomic E-state index is 0.423. The molecule has 2 aromatic carbocycles. The van der Waals surface area contributed by atoms with Gasteiger partial charge >= 0.3 is 0 Å². The zero-order valence-electron chi connectivity index (χ0n) is 9.08. The van der Waals surface area contributed by atoms with E-state index in [0.29, 0.717) is 10.6 Å². The van der Waals surface area contributed by atoms with Gasteiger partial charge in [0.25, 0.3) is 0 Å². The van der Waals surface area contributed by atoms with Crippen LogP contribution in [-0.4, -0.2) is 15.8 Å². The van der Waals surface area contributed by atoms with Crippen LogP contribution in [-0.2, 0) is 0 Å². The van der Waals surface area contributed by atoms with Gasteiger partial charge in [-0.2, -0.15) is 0 Å². The molecule has 2 nitrogen and oxygen atoms in total. The monoisotopic (exact) mass is 241 g/mol. The van der Waals surface area contributed by atoms with Gasteiger partial charge in [0.15, 0.2) is 0 Å². The van der Waals surface area contributed by atoms with E-state index >= 15 is 0 Å². The van der Waals surface area contributed by atoms with E-state index in [1.54, 1.807) is 0 Å². The van der Waals surface area contributed by atoms with E-state index in [9.17, 15) is 0 Å². The van der Waals surface area contributed by atoms with Gasteiger partial charge in [0.05, 0.1) is 4.86 Å². The lowest BCUT2D eigenvalue weighted by Crippen LogP contribution is -2.14. The topological polar surface area (TPSA) is 32.6 Å². The van der Waals surface area contributed by atoms with E-state index in [1.807, 2.05) is 60.7 Å². The molecule has 0 saturated heterocycles.